The molecule has 1 amide bonds. The Labute approximate surface area is 213 Å². The van der Waals surface area contributed by atoms with Crippen molar-refractivity contribution in [1.29, 1.82) is 0 Å². The van der Waals surface area contributed by atoms with E-state index < -0.39 is 0 Å². The van der Waals surface area contributed by atoms with Crippen molar-refractivity contribution >= 4 is 23.8 Å². The molecule has 0 bridgehead atoms. The molecular formula is C25H25ClN8O2. The van der Waals surface area contributed by atoms with E-state index >= 15 is 0 Å². The van der Waals surface area contributed by atoms with Gasteiger partial charge in [-0.15, -0.1) is 12.4 Å². The van der Waals surface area contributed by atoms with E-state index in [1.165, 1.54) is 12.7 Å². The number of halogens is 1. The lowest BCUT2D eigenvalue weighted by atomic mass is 9.97. The Hall–Kier alpha value is -4.18. The third-order valence-corrected chi connectivity index (χ3v) is 5.63. The van der Waals surface area contributed by atoms with Gasteiger partial charge in [-0.3, -0.25) is 4.79 Å². The Morgan fingerprint density at radius 2 is 1.83 bits per heavy atom. The van der Waals surface area contributed by atoms with Gasteiger partial charge in [-0.05, 0) is 30.2 Å². The predicted octanol–water partition coefficient (Wildman–Crippen LogP) is 4.19. The van der Waals surface area contributed by atoms with Crippen molar-refractivity contribution in [3.63, 3.8) is 0 Å². The van der Waals surface area contributed by atoms with Crippen molar-refractivity contribution in [3.05, 3.63) is 78.4 Å². The lowest BCUT2D eigenvalue weighted by molar-refractivity contribution is 0.0937. The van der Waals surface area contributed by atoms with Crippen LogP contribution in [0.15, 0.2) is 60.0 Å². The third-order valence-electron chi connectivity index (χ3n) is 5.63. The number of aromatic nitrogens is 7. The van der Waals surface area contributed by atoms with Crippen LogP contribution in [0.2, 0.25) is 0 Å². The second kappa shape index (κ2) is 9.82. The number of fused-ring (bicyclic) bond motifs is 1. The van der Waals surface area contributed by atoms with Gasteiger partial charge in [-0.2, -0.15) is 10.1 Å². The quantitative estimate of drug-likeness (QED) is 0.377. The minimum atomic E-state index is -0.379. The summed E-state index contributed by atoms with van der Waals surface area (Å²) in [6.07, 6.45) is 8.50. The average molecular weight is 505 g/mol. The minimum Gasteiger partial charge on any atom is -0.345 e. The van der Waals surface area contributed by atoms with Crippen LogP contribution in [-0.2, 0) is 12.0 Å². The molecule has 5 aromatic rings. The van der Waals surface area contributed by atoms with Gasteiger partial charge in [0.25, 0.3) is 11.7 Å². The normalized spacial score (nSPS) is 11.3. The number of carbonyl (C=O) groups is 1. The fraction of sp³-hybridized carbons (Fsp3) is 0.240. The Balaban J connectivity index is 0.00000304. The summed E-state index contributed by atoms with van der Waals surface area (Å²) in [4.78, 5) is 29.4. The monoisotopic (exact) mass is 504 g/mol. The number of rotatable bonds is 5. The molecule has 1 N–H and O–H groups in total. The van der Waals surface area contributed by atoms with E-state index in [1.54, 1.807) is 16.9 Å². The highest BCUT2D eigenvalue weighted by Crippen LogP contribution is 2.28. The summed E-state index contributed by atoms with van der Waals surface area (Å²) in [6.45, 7) is 8.18. The van der Waals surface area contributed by atoms with Crippen LogP contribution >= 0.6 is 12.4 Å². The van der Waals surface area contributed by atoms with E-state index in [2.05, 4.69) is 35.5 Å². The van der Waals surface area contributed by atoms with Gasteiger partial charge in [-0.25, -0.2) is 19.5 Å². The van der Waals surface area contributed by atoms with Crippen molar-refractivity contribution in [1.82, 2.24) is 40.0 Å². The Kier molecular flexibility index (Phi) is 6.80. The van der Waals surface area contributed by atoms with Gasteiger partial charge in [0.1, 0.15) is 12.7 Å². The molecule has 0 saturated carbocycles. The summed E-state index contributed by atoms with van der Waals surface area (Å²) < 4.78 is 7.01. The summed E-state index contributed by atoms with van der Waals surface area (Å²) in [7, 11) is 0. The predicted molar refractivity (Wildman–Crippen MR) is 136 cm³/mol. The molecule has 0 radical (unpaired) electrons. The van der Waals surface area contributed by atoms with Gasteiger partial charge in [0.05, 0.1) is 11.2 Å². The fourth-order valence-corrected chi connectivity index (χ4v) is 3.67. The SMILES string of the molecule is Cc1cc(-c2ncnn3cc(-c4cncnc4)cc23)ccc1CNC(=O)c1noc(C(C)(C)C)n1.Cl. The molecule has 11 heteroatoms. The largest absolute Gasteiger partial charge is 0.345 e. The standard InChI is InChI=1S/C25H24N8O2.ClH/c1-15-7-16(5-6-17(15)11-28-23(34)22-31-24(35-32-22)25(2,3)4)21-20-8-18(12-33(20)30-14-29-21)19-9-26-13-27-10-19;/h5-10,12-14H,11H2,1-4H3,(H,28,34);1H. The van der Waals surface area contributed by atoms with Crippen LogP contribution in [0.25, 0.3) is 27.9 Å². The number of nitrogens with one attached hydrogen (secondary N) is 1. The zero-order valence-corrected chi connectivity index (χ0v) is 21.1. The van der Waals surface area contributed by atoms with E-state index in [-0.39, 0.29) is 29.6 Å². The highest BCUT2D eigenvalue weighted by Gasteiger charge is 2.24. The van der Waals surface area contributed by atoms with Crippen LogP contribution in [0.3, 0.4) is 0 Å². The van der Waals surface area contributed by atoms with Crippen molar-refractivity contribution in [3.8, 4) is 22.4 Å². The van der Waals surface area contributed by atoms with E-state index in [0.29, 0.717) is 12.4 Å². The Morgan fingerprint density at radius 1 is 1.06 bits per heavy atom. The third kappa shape index (κ3) is 4.94. The van der Waals surface area contributed by atoms with Crippen molar-refractivity contribution < 1.29 is 9.32 Å². The molecule has 0 aliphatic carbocycles. The molecule has 5 rings (SSSR count). The first-order valence-corrected chi connectivity index (χ1v) is 11.1. The van der Waals surface area contributed by atoms with Crippen LogP contribution in [0.4, 0.5) is 0 Å². The summed E-state index contributed by atoms with van der Waals surface area (Å²) >= 11 is 0. The number of nitrogens with zero attached hydrogens (tertiary/aromatic N) is 7. The van der Waals surface area contributed by atoms with Crippen molar-refractivity contribution in [2.75, 3.05) is 0 Å². The van der Waals surface area contributed by atoms with Crippen molar-refractivity contribution in [2.45, 2.75) is 39.7 Å². The van der Waals surface area contributed by atoms with Gasteiger partial charge >= 0.3 is 0 Å². The molecule has 36 heavy (non-hydrogen) atoms. The lowest BCUT2D eigenvalue weighted by Crippen LogP contribution is -2.24. The zero-order chi connectivity index (χ0) is 24.6. The maximum atomic E-state index is 12.5. The topological polar surface area (TPSA) is 124 Å². The average Bonchev–Trinajstić information content (AvgIpc) is 3.51. The summed E-state index contributed by atoms with van der Waals surface area (Å²) in [5.41, 5.74) is 6.17. The molecule has 0 unspecified atom stereocenters. The zero-order valence-electron chi connectivity index (χ0n) is 20.3. The summed E-state index contributed by atoms with van der Waals surface area (Å²) in [5.74, 6) is 0.0731. The van der Waals surface area contributed by atoms with Gasteiger partial charge in [0.15, 0.2) is 0 Å². The molecule has 1 aromatic carbocycles. The molecule has 0 spiro atoms. The van der Waals surface area contributed by atoms with E-state index in [1.807, 2.05) is 58.2 Å². The highest BCUT2D eigenvalue weighted by molar-refractivity contribution is 5.90. The number of carbonyl (C=O) groups excluding carboxylic acids is 1. The smallest absolute Gasteiger partial charge is 0.292 e. The maximum Gasteiger partial charge on any atom is 0.292 e. The fourth-order valence-electron chi connectivity index (χ4n) is 3.67. The van der Waals surface area contributed by atoms with E-state index in [4.69, 9.17) is 4.52 Å². The summed E-state index contributed by atoms with van der Waals surface area (Å²) in [5, 5.41) is 11.0. The molecule has 0 saturated heterocycles. The molecule has 0 fully saturated rings. The Bertz CT molecular complexity index is 1520. The molecule has 0 aliphatic rings. The number of benzene rings is 1. The molecule has 184 valence electrons. The molecule has 0 aliphatic heterocycles. The first-order valence-electron chi connectivity index (χ1n) is 11.1. The lowest BCUT2D eigenvalue weighted by Gasteiger charge is -2.10. The molecule has 0 atom stereocenters. The number of hydrogen-bond donors (Lipinski definition) is 1. The van der Waals surface area contributed by atoms with Crippen molar-refractivity contribution in [2.24, 2.45) is 0 Å². The second-order valence-corrected chi connectivity index (χ2v) is 9.29. The molecule has 4 heterocycles. The number of amides is 1. The molecule has 4 aromatic heterocycles. The Morgan fingerprint density at radius 3 is 2.53 bits per heavy atom. The highest BCUT2D eigenvalue weighted by atomic mass is 35.5. The summed E-state index contributed by atoms with van der Waals surface area (Å²) in [6, 6.07) is 8.04. The van der Waals surface area contributed by atoms with Crippen LogP contribution in [0.1, 0.15) is 48.4 Å². The van der Waals surface area contributed by atoms with E-state index in [0.717, 1.165) is 39.0 Å². The van der Waals surface area contributed by atoms with Crippen LogP contribution in [0.5, 0.6) is 0 Å². The first kappa shape index (κ1) is 24.9. The first-order chi connectivity index (χ1) is 16.8. The van der Waals surface area contributed by atoms with Crippen LogP contribution in [-0.4, -0.2) is 40.6 Å². The van der Waals surface area contributed by atoms with Gasteiger partial charge in [0.2, 0.25) is 5.89 Å². The van der Waals surface area contributed by atoms with E-state index in [9.17, 15) is 4.79 Å². The maximum absolute atomic E-state index is 12.5. The second-order valence-electron chi connectivity index (χ2n) is 9.29. The number of hydrogen-bond acceptors (Lipinski definition) is 8. The van der Waals surface area contributed by atoms with Gasteiger partial charge < -0.3 is 9.84 Å². The molecular weight excluding hydrogens is 480 g/mol. The van der Waals surface area contributed by atoms with Gasteiger partial charge in [-0.1, -0.05) is 38.1 Å². The minimum absolute atomic E-state index is 0. The van der Waals surface area contributed by atoms with Crippen LogP contribution < -0.4 is 5.32 Å². The molecule has 10 nitrogen and oxygen atoms in total. The van der Waals surface area contributed by atoms with Gasteiger partial charge in [0, 0.05) is 47.2 Å². The number of aryl methyl sites for hydroxylation is 1. The van der Waals surface area contributed by atoms with Crippen LogP contribution in [0, 0.1) is 6.92 Å².